The standard InChI is InChI=1S/C4H5Br2F3/c5-2(1-7)3(8)4(6)9/h2-4H,1H2. The third kappa shape index (κ3) is 3.45. The molecule has 5 heteroatoms. The minimum Gasteiger partial charge on any atom is -0.250 e. The van der Waals surface area contributed by atoms with Gasteiger partial charge in [0.2, 0.25) is 0 Å². The van der Waals surface area contributed by atoms with Crippen LogP contribution in [0.3, 0.4) is 0 Å². The van der Waals surface area contributed by atoms with Crippen LogP contribution in [-0.4, -0.2) is 22.8 Å². The molecule has 0 aliphatic carbocycles. The summed E-state index contributed by atoms with van der Waals surface area (Å²) in [5, 5.41) is -1.79. The van der Waals surface area contributed by atoms with Crippen molar-refractivity contribution in [1.29, 1.82) is 0 Å². The van der Waals surface area contributed by atoms with Crippen LogP contribution in [-0.2, 0) is 0 Å². The molecule has 0 aromatic carbocycles. The van der Waals surface area contributed by atoms with Crippen molar-refractivity contribution in [3.8, 4) is 0 Å². The molecule has 0 heterocycles. The van der Waals surface area contributed by atoms with Crippen molar-refractivity contribution in [2.45, 2.75) is 16.1 Å². The second kappa shape index (κ2) is 4.55. The lowest BCUT2D eigenvalue weighted by Gasteiger charge is -2.10. The van der Waals surface area contributed by atoms with Crippen LogP contribution in [0.5, 0.6) is 0 Å². The van der Waals surface area contributed by atoms with E-state index in [0.717, 1.165) is 0 Å². The number of halogens is 5. The molecule has 0 rings (SSSR count). The van der Waals surface area contributed by atoms with Gasteiger partial charge in [-0.3, -0.25) is 0 Å². The lowest BCUT2D eigenvalue weighted by Crippen LogP contribution is -2.24. The highest BCUT2D eigenvalue weighted by Gasteiger charge is 2.25. The summed E-state index contributed by atoms with van der Waals surface area (Å²) >= 11 is 4.97. The van der Waals surface area contributed by atoms with Gasteiger partial charge in [0.05, 0.1) is 4.83 Å². The van der Waals surface area contributed by atoms with Gasteiger partial charge < -0.3 is 0 Å². The van der Waals surface area contributed by atoms with Crippen molar-refractivity contribution in [3.05, 3.63) is 0 Å². The predicted molar refractivity (Wildman–Crippen MR) is 37.4 cm³/mol. The zero-order chi connectivity index (χ0) is 7.44. The molecule has 0 N–H and O–H groups in total. The van der Waals surface area contributed by atoms with Crippen LogP contribution in [0, 0.1) is 0 Å². The highest BCUT2D eigenvalue weighted by Crippen LogP contribution is 2.19. The highest BCUT2D eigenvalue weighted by atomic mass is 79.9. The zero-order valence-electron chi connectivity index (χ0n) is 4.33. The van der Waals surface area contributed by atoms with E-state index < -0.39 is 22.8 Å². The molecular weight excluding hydrogens is 265 g/mol. The van der Waals surface area contributed by atoms with Crippen molar-refractivity contribution >= 4 is 31.9 Å². The number of hydrogen-bond donors (Lipinski definition) is 0. The second-order valence-electron chi connectivity index (χ2n) is 1.45. The van der Waals surface area contributed by atoms with Gasteiger partial charge in [-0.25, -0.2) is 13.2 Å². The Morgan fingerprint density at radius 1 is 1.22 bits per heavy atom. The fraction of sp³-hybridized carbons (Fsp3) is 1.00. The molecule has 0 aliphatic rings. The average Bonchev–Trinajstić information content (AvgIpc) is 1.84. The summed E-state index contributed by atoms with van der Waals surface area (Å²) in [5.74, 6) is 0. The first-order valence-electron chi connectivity index (χ1n) is 2.22. The molecule has 3 atom stereocenters. The molecule has 3 unspecified atom stereocenters. The van der Waals surface area contributed by atoms with E-state index in [1.165, 1.54) is 0 Å². The van der Waals surface area contributed by atoms with E-state index in [2.05, 4.69) is 31.9 Å². The fourth-order valence-corrected chi connectivity index (χ4v) is 1.29. The molecule has 56 valence electrons. The largest absolute Gasteiger partial charge is 0.250 e. The van der Waals surface area contributed by atoms with E-state index in [9.17, 15) is 13.2 Å². The monoisotopic (exact) mass is 268 g/mol. The maximum absolute atomic E-state index is 12.2. The molecule has 0 bridgehead atoms. The summed E-state index contributed by atoms with van der Waals surface area (Å²) in [4.78, 5) is -1.05. The van der Waals surface area contributed by atoms with E-state index >= 15 is 0 Å². The molecule has 0 aromatic heterocycles. The van der Waals surface area contributed by atoms with Crippen LogP contribution >= 0.6 is 31.9 Å². The Hall–Kier alpha value is 0.750. The van der Waals surface area contributed by atoms with Crippen LogP contribution < -0.4 is 0 Å². The summed E-state index contributed by atoms with van der Waals surface area (Å²) in [7, 11) is 0. The zero-order valence-corrected chi connectivity index (χ0v) is 7.50. The second-order valence-corrected chi connectivity index (χ2v) is 3.50. The quantitative estimate of drug-likeness (QED) is 0.692. The fourth-order valence-electron chi connectivity index (χ4n) is 0.243. The van der Waals surface area contributed by atoms with E-state index in [4.69, 9.17) is 0 Å². The minimum atomic E-state index is -1.82. The normalized spacial score (nSPS) is 21.0. The lowest BCUT2D eigenvalue weighted by molar-refractivity contribution is 0.222. The van der Waals surface area contributed by atoms with Crippen LogP contribution in [0.25, 0.3) is 0 Å². The highest BCUT2D eigenvalue weighted by molar-refractivity contribution is 9.10. The van der Waals surface area contributed by atoms with Gasteiger partial charge in [-0.2, -0.15) is 0 Å². The van der Waals surface area contributed by atoms with Gasteiger partial charge >= 0.3 is 0 Å². The third-order valence-electron chi connectivity index (χ3n) is 0.734. The number of rotatable bonds is 3. The smallest absolute Gasteiger partial charge is 0.187 e. The van der Waals surface area contributed by atoms with Crippen LogP contribution in [0.15, 0.2) is 0 Å². The van der Waals surface area contributed by atoms with E-state index in [-0.39, 0.29) is 0 Å². The van der Waals surface area contributed by atoms with Gasteiger partial charge in [-0.1, -0.05) is 15.9 Å². The average molecular weight is 270 g/mol. The van der Waals surface area contributed by atoms with Crippen molar-refractivity contribution < 1.29 is 13.2 Å². The van der Waals surface area contributed by atoms with Crippen molar-refractivity contribution in [2.75, 3.05) is 6.67 Å². The lowest BCUT2D eigenvalue weighted by atomic mass is 10.3. The summed E-state index contributed by atoms with van der Waals surface area (Å²) in [5.41, 5.74) is 0. The van der Waals surface area contributed by atoms with Crippen LogP contribution in [0.2, 0.25) is 0 Å². The molecule has 0 nitrogen and oxygen atoms in total. The summed E-state index contributed by atoms with van der Waals surface area (Å²) in [6.07, 6.45) is -1.82. The summed E-state index contributed by atoms with van der Waals surface area (Å²) in [6, 6.07) is 0. The van der Waals surface area contributed by atoms with Crippen LogP contribution in [0.4, 0.5) is 13.2 Å². The first-order chi connectivity index (χ1) is 4.09. The Morgan fingerprint density at radius 2 is 1.67 bits per heavy atom. The van der Waals surface area contributed by atoms with Gasteiger partial charge in [-0.05, 0) is 15.9 Å². The third-order valence-corrected chi connectivity index (χ3v) is 1.99. The van der Waals surface area contributed by atoms with E-state index in [0.29, 0.717) is 0 Å². The minimum absolute atomic E-state index is 0.910. The Labute approximate surface area is 68.1 Å². The Bertz CT molecular complexity index is 78.2. The number of alkyl halides is 5. The van der Waals surface area contributed by atoms with Gasteiger partial charge in [-0.15, -0.1) is 0 Å². The SMILES string of the molecule is FCC(Br)C(F)C(F)Br. The molecule has 0 radical (unpaired) electrons. The molecule has 0 amide bonds. The Kier molecular flexibility index (Phi) is 4.93. The first kappa shape index (κ1) is 9.75. The van der Waals surface area contributed by atoms with Gasteiger partial charge in [0.25, 0.3) is 0 Å². The Balaban J connectivity index is 3.58. The van der Waals surface area contributed by atoms with Crippen molar-refractivity contribution in [1.82, 2.24) is 0 Å². The molecule has 0 aromatic rings. The summed E-state index contributed by atoms with van der Waals surface area (Å²) < 4.78 is 35.6. The summed E-state index contributed by atoms with van der Waals surface area (Å²) in [6.45, 7) is -0.910. The maximum atomic E-state index is 12.2. The molecule has 0 saturated carbocycles. The van der Waals surface area contributed by atoms with Crippen molar-refractivity contribution in [3.63, 3.8) is 0 Å². The molecule has 0 saturated heterocycles. The topological polar surface area (TPSA) is 0 Å². The molecule has 0 aliphatic heterocycles. The van der Waals surface area contributed by atoms with Gasteiger partial charge in [0.15, 0.2) is 11.3 Å². The maximum Gasteiger partial charge on any atom is 0.187 e. The molecule has 0 spiro atoms. The van der Waals surface area contributed by atoms with E-state index in [1.54, 1.807) is 0 Å². The molecular formula is C4H5Br2F3. The molecule has 9 heavy (non-hydrogen) atoms. The predicted octanol–water partition coefficient (Wildman–Crippen LogP) is 2.75. The first-order valence-corrected chi connectivity index (χ1v) is 4.05. The van der Waals surface area contributed by atoms with Gasteiger partial charge in [0, 0.05) is 0 Å². The van der Waals surface area contributed by atoms with Gasteiger partial charge in [0.1, 0.15) is 6.67 Å². The number of hydrogen-bond acceptors (Lipinski definition) is 0. The Morgan fingerprint density at radius 3 is 1.78 bits per heavy atom. The van der Waals surface area contributed by atoms with Crippen LogP contribution in [0.1, 0.15) is 0 Å². The van der Waals surface area contributed by atoms with Crippen molar-refractivity contribution in [2.24, 2.45) is 0 Å². The molecule has 0 fully saturated rings. The van der Waals surface area contributed by atoms with E-state index in [1.807, 2.05) is 0 Å².